The SMILES string of the molecule is Cc1nc2cc(N(C)C)ccc2c(=O)n1-c1ccc(NC(=O)NS(=O)(=O)c2ccc(Cl)s2)cn1. The first kappa shape index (κ1) is 23.7. The van der Waals surface area contributed by atoms with E-state index in [9.17, 15) is 18.0 Å². The highest BCUT2D eigenvalue weighted by Gasteiger charge is 2.20. The van der Waals surface area contributed by atoms with Crippen molar-refractivity contribution in [3.63, 3.8) is 0 Å². The fraction of sp³-hybridized carbons (Fsp3) is 0.143. The normalized spacial score (nSPS) is 11.4. The fourth-order valence-electron chi connectivity index (χ4n) is 3.20. The number of aromatic nitrogens is 3. The molecule has 0 saturated carbocycles. The number of pyridine rings is 1. The molecular formula is C21H19ClN6O4S2. The number of carbonyl (C=O) groups is 1. The zero-order chi connectivity index (χ0) is 24.6. The standard InChI is InChI=1S/C21H19ClN6O4S2/c1-12-24-16-10-14(27(2)3)5-6-15(16)20(29)28(12)18-8-4-13(11-23-18)25-21(30)26-34(31,32)19-9-7-17(22)33-19/h4-11H,1-3H3,(H2,25,26,30). The van der Waals surface area contributed by atoms with Crippen molar-refractivity contribution in [3.8, 4) is 5.82 Å². The average Bonchev–Trinajstić information content (AvgIpc) is 3.21. The Bertz CT molecular complexity index is 1560. The molecule has 0 saturated heterocycles. The molecule has 0 radical (unpaired) electrons. The van der Waals surface area contributed by atoms with Crippen LogP contribution in [0.25, 0.3) is 16.7 Å². The lowest BCUT2D eigenvalue weighted by Crippen LogP contribution is -2.34. The quantitative estimate of drug-likeness (QED) is 0.414. The van der Waals surface area contributed by atoms with E-state index < -0.39 is 16.1 Å². The first-order valence-corrected chi connectivity index (χ1v) is 12.5. The smallest absolute Gasteiger partial charge is 0.333 e. The molecule has 0 aliphatic heterocycles. The van der Waals surface area contributed by atoms with Gasteiger partial charge in [-0.3, -0.25) is 4.79 Å². The number of amides is 2. The number of nitrogens with one attached hydrogen (secondary N) is 2. The highest BCUT2D eigenvalue weighted by Crippen LogP contribution is 2.25. The van der Waals surface area contributed by atoms with Crippen molar-refractivity contribution in [1.82, 2.24) is 19.3 Å². The second-order valence-electron chi connectivity index (χ2n) is 7.42. The van der Waals surface area contributed by atoms with Crippen molar-refractivity contribution in [2.75, 3.05) is 24.3 Å². The van der Waals surface area contributed by atoms with Crippen LogP contribution in [0.15, 0.2) is 57.7 Å². The Hall–Kier alpha value is -3.48. The molecule has 4 aromatic rings. The topological polar surface area (TPSA) is 126 Å². The molecule has 176 valence electrons. The van der Waals surface area contributed by atoms with Crippen molar-refractivity contribution >= 4 is 61.3 Å². The molecule has 0 aliphatic rings. The molecule has 10 nitrogen and oxygen atoms in total. The van der Waals surface area contributed by atoms with E-state index in [1.165, 1.54) is 35.0 Å². The lowest BCUT2D eigenvalue weighted by atomic mass is 10.2. The number of thiophene rings is 1. The van der Waals surface area contributed by atoms with Gasteiger partial charge in [0.2, 0.25) is 0 Å². The van der Waals surface area contributed by atoms with E-state index in [0.717, 1.165) is 17.0 Å². The second-order valence-corrected chi connectivity index (χ2v) is 11.0. The van der Waals surface area contributed by atoms with Crippen molar-refractivity contribution < 1.29 is 13.2 Å². The molecular weight excluding hydrogens is 500 g/mol. The Morgan fingerprint density at radius 2 is 1.91 bits per heavy atom. The predicted octanol–water partition coefficient (Wildman–Crippen LogP) is 3.38. The second kappa shape index (κ2) is 9.05. The minimum atomic E-state index is -4.06. The Labute approximate surface area is 203 Å². The van der Waals surface area contributed by atoms with Crippen LogP contribution in [-0.4, -0.2) is 43.1 Å². The third-order valence-corrected chi connectivity index (χ3v) is 7.87. The Balaban J connectivity index is 1.56. The third-order valence-electron chi connectivity index (χ3n) is 4.81. The van der Waals surface area contributed by atoms with Gasteiger partial charge >= 0.3 is 6.03 Å². The highest BCUT2D eigenvalue weighted by atomic mass is 35.5. The molecule has 0 aliphatic carbocycles. The van der Waals surface area contributed by atoms with E-state index in [-0.39, 0.29) is 19.8 Å². The zero-order valence-electron chi connectivity index (χ0n) is 18.2. The first-order valence-electron chi connectivity index (χ1n) is 9.81. The first-order chi connectivity index (χ1) is 16.0. The van der Waals surface area contributed by atoms with Gasteiger partial charge in [-0.2, -0.15) is 0 Å². The van der Waals surface area contributed by atoms with Gasteiger partial charge in [-0.25, -0.2) is 32.5 Å². The molecule has 13 heteroatoms. The number of anilines is 2. The summed E-state index contributed by atoms with van der Waals surface area (Å²) in [4.78, 5) is 36.0. The Kier molecular flexibility index (Phi) is 6.30. The number of hydrogen-bond donors (Lipinski definition) is 2. The van der Waals surface area contributed by atoms with E-state index in [4.69, 9.17) is 11.6 Å². The minimum absolute atomic E-state index is 0.0857. The maximum absolute atomic E-state index is 13.1. The van der Waals surface area contributed by atoms with Gasteiger partial charge in [0, 0.05) is 19.8 Å². The molecule has 0 atom stereocenters. The number of fused-ring (bicyclic) bond motifs is 1. The van der Waals surface area contributed by atoms with Crippen molar-refractivity contribution in [2.24, 2.45) is 0 Å². The van der Waals surface area contributed by atoms with Crippen molar-refractivity contribution in [2.45, 2.75) is 11.1 Å². The Morgan fingerprint density at radius 3 is 2.53 bits per heavy atom. The number of hydrogen-bond acceptors (Lipinski definition) is 8. The van der Waals surface area contributed by atoms with Crippen LogP contribution >= 0.6 is 22.9 Å². The average molecular weight is 519 g/mol. The lowest BCUT2D eigenvalue weighted by Gasteiger charge is -2.14. The van der Waals surface area contributed by atoms with E-state index in [2.05, 4.69) is 15.3 Å². The number of sulfonamides is 1. The van der Waals surface area contributed by atoms with Crippen LogP contribution in [0.4, 0.5) is 16.2 Å². The van der Waals surface area contributed by atoms with Crippen molar-refractivity contribution in [3.05, 3.63) is 69.2 Å². The number of urea groups is 1. The summed E-state index contributed by atoms with van der Waals surface area (Å²) >= 11 is 6.59. The molecule has 2 N–H and O–H groups in total. The van der Waals surface area contributed by atoms with Gasteiger partial charge in [-0.15, -0.1) is 11.3 Å². The molecule has 4 rings (SSSR count). The highest BCUT2D eigenvalue weighted by molar-refractivity contribution is 7.92. The van der Waals surface area contributed by atoms with Crippen LogP contribution < -0.4 is 20.5 Å². The number of carbonyl (C=O) groups excluding carboxylic acids is 1. The van der Waals surface area contributed by atoms with E-state index in [1.54, 1.807) is 13.0 Å². The monoisotopic (exact) mass is 518 g/mol. The third kappa shape index (κ3) is 4.74. The van der Waals surface area contributed by atoms with Gasteiger partial charge in [-0.05, 0) is 49.4 Å². The summed E-state index contributed by atoms with van der Waals surface area (Å²) in [6, 6.07) is 10.2. The van der Waals surface area contributed by atoms with Crippen LogP contribution in [0, 0.1) is 6.92 Å². The molecule has 1 aromatic carbocycles. The van der Waals surface area contributed by atoms with Crippen LogP contribution in [0.5, 0.6) is 0 Å². The zero-order valence-corrected chi connectivity index (χ0v) is 20.6. The van der Waals surface area contributed by atoms with Crippen LogP contribution in [0.3, 0.4) is 0 Å². The number of halogens is 1. The predicted molar refractivity (Wildman–Crippen MR) is 133 cm³/mol. The number of benzene rings is 1. The number of rotatable bonds is 5. The molecule has 0 fully saturated rings. The summed E-state index contributed by atoms with van der Waals surface area (Å²) in [6.07, 6.45) is 1.31. The largest absolute Gasteiger partial charge is 0.378 e. The Morgan fingerprint density at radius 1 is 1.15 bits per heavy atom. The lowest BCUT2D eigenvalue weighted by molar-refractivity contribution is 0.256. The van der Waals surface area contributed by atoms with Crippen molar-refractivity contribution in [1.29, 1.82) is 0 Å². The van der Waals surface area contributed by atoms with Gasteiger partial charge in [-0.1, -0.05) is 11.6 Å². The summed E-state index contributed by atoms with van der Waals surface area (Å²) in [7, 11) is -0.246. The fourth-order valence-corrected chi connectivity index (χ4v) is 5.59. The van der Waals surface area contributed by atoms with Crippen LogP contribution in [0.1, 0.15) is 5.82 Å². The van der Waals surface area contributed by atoms with Gasteiger partial charge in [0.15, 0.2) is 0 Å². The minimum Gasteiger partial charge on any atom is -0.378 e. The molecule has 3 aromatic heterocycles. The molecule has 0 unspecified atom stereocenters. The summed E-state index contributed by atoms with van der Waals surface area (Å²) in [5.74, 6) is 0.750. The van der Waals surface area contributed by atoms with Crippen LogP contribution in [0.2, 0.25) is 4.34 Å². The van der Waals surface area contributed by atoms with Gasteiger partial charge < -0.3 is 10.2 Å². The number of nitrogens with zero attached hydrogens (tertiary/aromatic N) is 4. The molecule has 2 amide bonds. The molecule has 0 bridgehead atoms. The number of aryl methyl sites for hydroxylation is 1. The van der Waals surface area contributed by atoms with Crippen LogP contribution in [-0.2, 0) is 10.0 Å². The van der Waals surface area contributed by atoms with E-state index in [0.29, 0.717) is 22.5 Å². The maximum Gasteiger partial charge on any atom is 0.333 e. The summed E-state index contributed by atoms with van der Waals surface area (Å²) in [5, 5.41) is 2.84. The van der Waals surface area contributed by atoms with E-state index >= 15 is 0 Å². The summed E-state index contributed by atoms with van der Waals surface area (Å²) in [6.45, 7) is 1.70. The van der Waals surface area contributed by atoms with E-state index in [1.807, 2.05) is 35.9 Å². The molecule has 3 heterocycles. The maximum atomic E-state index is 13.1. The summed E-state index contributed by atoms with van der Waals surface area (Å²) < 4.78 is 28.0. The molecule has 0 spiro atoms. The summed E-state index contributed by atoms with van der Waals surface area (Å²) in [5.41, 5.74) is 1.45. The van der Waals surface area contributed by atoms with Gasteiger partial charge in [0.25, 0.3) is 15.6 Å². The van der Waals surface area contributed by atoms with Gasteiger partial charge in [0.05, 0.1) is 27.1 Å². The van der Waals surface area contributed by atoms with Gasteiger partial charge in [0.1, 0.15) is 15.9 Å². The molecule has 34 heavy (non-hydrogen) atoms.